The fraction of sp³-hybridized carbons (Fsp3) is 0.133. The standard InChI is InChI=1S/C45H35N3O/c1-44(2)36-25-24-34-33-20-11-12-21-38(33)49-40(34)39(36)35-23-22-31(27-37(35)45(44,3)4)30-18-13-19-32(26-30)43-47-41(28-14-7-5-8-15-28)46-42(48-43)29-16-9-6-10-17-29/h5-27H,1-4H3. The number of hydrogen-bond donors (Lipinski definition) is 0. The van der Waals surface area contributed by atoms with Crippen LogP contribution in [0.4, 0.5) is 0 Å². The van der Waals surface area contributed by atoms with Crippen LogP contribution in [0.1, 0.15) is 38.8 Å². The molecule has 9 rings (SSSR count). The zero-order valence-electron chi connectivity index (χ0n) is 28.0. The van der Waals surface area contributed by atoms with Crippen molar-refractivity contribution >= 4 is 21.9 Å². The van der Waals surface area contributed by atoms with E-state index in [0.29, 0.717) is 17.5 Å². The van der Waals surface area contributed by atoms with Gasteiger partial charge in [-0.15, -0.1) is 0 Å². The van der Waals surface area contributed by atoms with Gasteiger partial charge in [-0.1, -0.05) is 149 Å². The Labute approximate surface area is 286 Å². The number of hydrogen-bond acceptors (Lipinski definition) is 4. The summed E-state index contributed by atoms with van der Waals surface area (Å²) in [5, 5.41) is 2.32. The maximum absolute atomic E-state index is 6.61. The van der Waals surface area contributed by atoms with Gasteiger partial charge in [0.2, 0.25) is 0 Å². The lowest BCUT2D eigenvalue weighted by molar-refractivity contribution is 0.299. The van der Waals surface area contributed by atoms with E-state index in [1.807, 2.05) is 66.7 Å². The Morgan fingerprint density at radius 2 is 0.980 bits per heavy atom. The van der Waals surface area contributed by atoms with Crippen LogP contribution in [0.25, 0.3) is 78.4 Å². The molecule has 1 aliphatic rings. The summed E-state index contributed by atoms with van der Waals surface area (Å²) in [6, 6.07) is 48.6. The second-order valence-electron chi connectivity index (χ2n) is 14.1. The second-order valence-corrected chi connectivity index (χ2v) is 14.1. The highest BCUT2D eigenvalue weighted by atomic mass is 16.3. The highest BCUT2D eigenvalue weighted by molar-refractivity contribution is 6.11. The van der Waals surface area contributed by atoms with Gasteiger partial charge in [0.05, 0.1) is 0 Å². The van der Waals surface area contributed by atoms with Crippen LogP contribution in [0.3, 0.4) is 0 Å². The molecule has 1 aliphatic carbocycles. The van der Waals surface area contributed by atoms with Crippen molar-refractivity contribution in [2.24, 2.45) is 0 Å². The van der Waals surface area contributed by atoms with Crippen molar-refractivity contribution in [3.63, 3.8) is 0 Å². The number of para-hydroxylation sites is 1. The van der Waals surface area contributed by atoms with Crippen molar-refractivity contribution in [2.45, 2.75) is 38.5 Å². The smallest absolute Gasteiger partial charge is 0.164 e. The highest BCUT2D eigenvalue weighted by Crippen LogP contribution is 2.56. The Bertz CT molecular complexity index is 2490. The Morgan fingerprint density at radius 1 is 0.429 bits per heavy atom. The van der Waals surface area contributed by atoms with Crippen LogP contribution >= 0.6 is 0 Å². The molecule has 236 valence electrons. The van der Waals surface area contributed by atoms with Crippen molar-refractivity contribution in [3.05, 3.63) is 151 Å². The molecule has 0 fully saturated rings. The Hall–Kier alpha value is -5.87. The van der Waals surface area contributed by atoms with Crippen LogP contribution in [0.5, 0.6) is 0 Å². The largest absolute Gasteiger partial charge is 0.455 e. The van der Waals surface area contributed by atoms with Gasteiger partial charge in [0.25, 0.3) is 0 Å². The van der Waals surface area contributed by atoms with E-state index in [4.69, 9.17) is 19.4 Å². The summed E-state index contributed by atoms with van der Waals surface area (Å²) < 4.78 is 6.61. The predicted octanol–water partition coefficient (Wildman–Crippen LogP) is 11.7. The topological polar surface area (TPSA) is 51.8 Å². The predicted molar refractivity (Wildman–Crippen MR) is 200 cm³/mol. The lowest BCUT2D eigenvalue weighted by Crippen LogP contribution is -2.43. The first-order valence-corrected chi connectivity index (χ1v) is 16.9. The van der Waals surface area contributed by atoms with Crippen LogP contribution < -0.4 is 0 Å². The zero-order chi connectivity index (χ0) is 33.3. The molecule has 0 saturated heterocycles. The third kappa shape index (κ3) is 4.55. The lowest BCUT2D eigenvalue weighted by Gasteiger charge is -2.48. The Morgan fingerprint density at radius 3 is 1.67 bits per heavy atom. The van der Waals surface area contributed by atoms with Gasteiger partial charge in [-0.2, -0.15) is 0 Å². The first-order valence-electron chi connectivity index (χ1n) is 16.9. The third-order valence-electron chi connectivity index (χ3n) is 10.9. The number of nitrogens with zero attached hydrogens (tertiary/aromatic N) is 3. The maximum atomic E-state index is 6.61. The summed E-state index contributed by atoms with van der Waals surface area (Å²) in [4.78, 5) is 14.9. The van der Waals surface area contributed by atoms with Crippen molar-refractivity contribution in [1.29, 1.82) is 0 Å². The minimum absolute atomic E-state index is 0.143. The van der Waals surface area contributed by atoms with Crippen molar-refractivity contribution < 1.29 is 4.42 Å². The van der Waals surface area contributed by atoms with E-state index in [1.54, 1.807) is 0 Å². The molecule has 6 aromatic carbocycles. The number of rotatable bonds is 4. The molecule has 4 nitrogen and oxygen atoms in total. The number of furan rings is 1. The monoisotopic (exact) mass is 633 g/mol. The van der Waals surface area contributed by atoms with Crippen LogP contribution in [-0.4, -0.2) is 15.0 Å². The fourth-order valence-corrected chi connectivity index (χ4v) is 7.48. The molecule has 0 radical (unpaired) electrons. The first kappa shape index (κ1) is 29.3. The molecule has 49 heavy (non-hydrogen) atoms. The minimum atomic E-state index is -0.147. The van der Waals surface area contributed by atoms with E-state index >= 15 is 0 Å². The lowest BCUT2D eigenvalue weighted by atomic mass is 9.55. The molecule has 0 N–H and O–H groups in total. The van der Waals surface area contributed by atoms with Crippen LogP contribution in [-0.2, 0) is 10.8 Å². The van der Waals surface area contributed by atoms with Crippen LogP contribution in [0.2, 0.25) is 0 Å². The van der Waals surface area contributed by atoms with E-state index in [9.17, 15) is 0 Å². The molecule has 0 aliphatic heterocycles. The Kier molecular flexibility index (Phi) is 6.47. The Balaban J connectivity index is 1.20. The molecular formula is C45H35N3O. The van der Waals surface area contributed by atoms with E-state index in [0.717, 1.165) is 49.8 Å². The zero-order valence-corrected chi connectivity index (χ0v) is 28.0. The van der Waals surface area contributed by atoms with E-state index in [1.165, 1.54) is 22.3 Å². The normalized spacial score (nSPS) is 14.4. The van der Waals surface area contributed by atoms with Crippen LogP contribution in [0.15, 0.2) is 144 Å². The summed E-state index contributed by atoms with van der Waals surface area (Å²) in [5.41, 5.74) is 11.8. The van der Waals surface area contributed by atoms with Gasteiger partial charge in [0, 0.05) is 33.0 Å². The molecule has 0 spiro atoms. The summed E-state index contributed by atoms with van der Waals surface area (Å²) in [6.07, 6.45) is 0. The summed E-state index contributed by atoms with van der Waals surface area (Å²) in [6.45, 7) is 9.48. The number of aromatic nitrogens is 3. The van der Waals surface area contributed by atoms with E-state index < -0.39 is 0 Å². The molecule has 0 amide bonds. The second kappa shape index (κ2) is 10.8. The first-order chi connectivity index (χ1) is 23.8. The van der Waals surface area contributed by atoms with Crippen molar-refractivity contribution in [3.8, 4) is 56.4 Å². The summed E-state index contributed by atoms with van der Waals surface area (Å²) >= 11 is 0. The third-order valence-corrected chi connectivity index (χ3v) is 10.9. The molecule has 8 aromatic rings. The molecule has 0 atom stereocenters. The fourth-order valence-electron chi connectivity index (χ4n) is 7.48. The summed E-state index contributed by atoms with van der Waals surface area (Å²) in [7, 11) is 0. The van der Waals surface area contributed by atoms with Gasteiger partial charge in [-0.3, -0.25) is 0 Å². The van der Waals surface area contributed by atoms with Gasteiger partial charge < -0.3 is 4.42 Å². The average Bonchev–Trinajstić information content (AvgIpc) is 3.53. The molecule has 2 heterocycles. The quantitative estimate of drug-likeness (QED) is 0.193. The van der Waals surface area contributed by atoms with Gasteiger partial charge >= 0.3 is 0 Å². The van der Waals surface area contributed by atoms with E-state index in [2.05, 4.69) is 100 Å². The highest BCUT2D eigenvalue weighted by Gasteiger charge is 2.47. The van der Waals surface area contributed by atoms with Gasteiger partial charge in [-0.25, -0.2) is 15.0 Å². The molecule has 2 aromatic heterocycles. The van der Waals surface area contributed by atoms with Crippen LogP contribution in [0, 0.1) is 0 Å². The van der Waals surface area contributed by atoms with Crippen molar-refractivity contribution in [1.82, 2.24) is 15.0 Å². The number of fused-ring (bicyclic) bond motifs is 7. The molecule has 0 unspecified atom stereocenters. The number of benzene rings is 6. The maximum Gasteiger partial charge on any atom is 0.164 e. The molecule has 4 heteroatoms. The van der Waals surface area contributed by atoms with Gasteiger partial charge in [0.1, 0.15) is 11.2 Å². The molecule has 0 bridgehead atoms. The van der Waals surface area contributed by atoms with E-state index in [-0.39, 0.29) is 10.8 Å². The average molecular weight is 634 g/mol. The van der Waals surface area contributed by atoms with Gasteiger partial charge in [-0.05, 0) is 56.8 Å². The van der Waals surface area contributed by atoms with Gasteiger partial charge in [0.15, 0.2) is 17.5 Å². The summed E-state index contributed by atoms with van der Waals surface area (Å²) in [5.74, 6) is 1.96. The molecule has 0 saturated carbocycles. The minimum Gasteiger partial charge on any atom is -0.455 e. The molecular weight excluding hydrogens is 599 g/mol. The van der Waals surface area contributed by atoms with Crippen molar-refractivity contribution in [2.75, 3.05) is 0 Å². The SMILES string of the molecule is CC1(C)c2cc(-c3cccc(-c4nc(-c5ccccc5)nc(-c5ccccc5)n4)c3)ccc2-c2c(ccc3c2oc2ccccc23)C1(C)C.